The third-order valence-corrected chi connectivity index (χ3v) is 4.57. The molecule has 2 aromatic heterocycles. The van der Waals surface area contributed by atoms with E-state index in [0.717, 1.165) is 0 Å². The van der Waals surface area contributed by atoms with E-state index in [9.17, 15) is 14.4 Å². The van der Waals surface area contributed by atoms with Crippen LogP contribution in [-0.2, 0) is 14.3 Å². The van der Waals surface area contributed by atoms with Crippen molar-refractivity contribution in [3.63, 3.8) is 0 Å². The number of carbonyl (C=O) groups excluding carboxylic acids is 3. The number of hydrogen-bond acceptors (Lipinski definition) is 7. The highest BCUT2D eigenvalue weighted by molar-refractivity contribution is 5.98. The van der Waals surface area contributed by atoms with E-state index < -0.39 is 18.5 Å². The lowest BCUT2D eigenvalue weighted by atomic mass is 10.1. The minimum atomic E-state index is -0.671. The molecule has 10 nitrogen and oxygen atoms in total. The third kappa shape index (κ3) is 5.73. The van der Waals surface area contributed by atoms with Crippen LogP contribution in [0.15, 0.2) is 48.8 Å². The summed E-state index contributed by atoms with van der Waals surface area (Å²) in [6.45, 7) is 4.71. The standard InChI is InChI=1S/C23H25N5O5/c1-14(2)22-17(12-25-28(22)20-7-5-6-10-24-20)23(31)33-13-21(30)27-18-11-16(26-15(3)29)8-9-19(18)32-4/h5-12,14H,13H2,1-4H3,(H,26,29)(H,27,30). The largest absolute Gasteiger partial charge is 0.495 e. The predicted molar refractivity (Wildman–Crippen MR) is 122 cm³/mol. The second-order valence-corrected chi connectivity index (χ2v) is 7.42. The number of rotatable bonds is 8. The van der Waals surface area contributed by atoms with E-state index in [4.69, 9.17) is 9.47 Å². The van der Waals surface area contributed by atoms with E-state index in [1.807, 2.05) is 19.9 Å². The first kappa shape index (κ1) is 23.5. The van der Waals surface area contributed by atoms with Gasteiger partial charge in [0.15, 0.2) is 12.4 Å². The molecule has 0 aliphatic heterocycles. The summed E-state index contributed by atoms with van der Waals surface area (Å²) < 4.78 is 12.1. The van der Waals surface area contributed by atoms with Gasteiger partial charge in [-0.15, -0.1) is 0 Å². The molecule has 0 atom stereocenters. The molecule has 2 heterocycles. The topological polar surface area (TPSA) is 124 Å². The summed E-state index contributed by atoms with van der Waals surface area (Å²) in [5, 5.41) is 9.54. The van der Waals surface area contributed by atoms with Crippen molar-refractivity contribution < 1.29 is 23.9 Å². The summed E-state index contributed by atoms with van der Waals surface area (Å²) in [6, 6.07) is 10.2. The zero-order chi connectivity index (χ0) is 24.0. The van der Waals surface area contributed by atoms with Gasteiger partial charge in [0.1, 0.15) is 11.3 Å². The molecule has 3 rings (SSSR count). The van der Waals surface area contributed by atoms with Crippen LogP contribution in [0.3, 0.4) is 0 Å². The fourth-order valence-electron chi connectivity index (χ4n) is 3.21. The maximum Gasteiger partial charge on any atom is 0.342 e. The Morgan fingerprint density at radius 2 is 1.91 bits per heavy atom. The van der Waals surface area contributed by atoms with Crippen molar-refractivity contribution in [1.29, 1.82) is 0 Å². The van der Waals surface area contributed by atoms with E-state index in [1.165, 1.54) is 20.2 Å². The molecule has 172 valence electrons. The molecule has 0 unspecified atom stereocenters. The van der Waals surface area contributed by atoms with Crippen LogP contribution in [0, 0.1) is 0 Å². The summed E-state index contributed by atoms with van der Waals surface area (Å²) >= 11 is 0. The predicted octanol–water partition coefficient (Wildman–Crippen LogP) is 3.15. The molecule has 2 amide bonds. The van der Waals surface area contributed by atoms with Gasteiger partial charge in [-0.25, -0.2) is 14.5 Å². The van der Waals surface area contributed by atoms with Crippen molar-refractivity contribution in [2.24, 2.45) is 0 Å². The minimum Gasteiger partial charge on any atom is -0.495 e. The van der Waals surface area contributed by atoms with Gasteiger partial charge in [0.25, 0.3) is 5.91 Å². The number of hydrogen-bond donors (Lipinski definition) is 2. The second-order valence-electron chi connectivity index (χ2n) is 7.42. The van der Waals surface area contributed by atoms with Gasteiger partial charge in [0.2, 0.25) is 5.91 Å². The third-order valence-electron chi connectivity index (χ3n) is 4.57. The molecule has 2 N–H and O–H groups in total. The van der Waals surface area contributed by atoms with Crippen molar-refractivity contribution in [3.05, 3.63) is 60.0 Å². The number of anilines is 2. The fourth-order valence-corrected chi connectivity index (χ4v) is 3.21. The maximum absolute atomic E-state index is 12.7. The summed E-state index contributed by atoms with van der Waals surface area (Å²) in [4.78, 5) is 40.7. The molecular weight excluding hydrogens is 426 g/mol. The molecule has 0 spiro atoms. The molecular formula is C23H25N5O5. The Bertz CT molecular complexity index is 1160. The molecule has 0 bridgehead atoms. The molecule has 0 fully saturated rings. The highest BCUT2D eigenvalue weighted by atomic mass is 16.5. The fraction of sp³-hybridized carbons (Fsp3) is 0.261. The Morgan fingerprint density at radius 1 is 1.12 bits per heavy atom. The summed E-state index contributed by atoms with van der Waals surface area (Å²) in [5.41, 5.74) is 1.70. The van der Waals surface area contributed by atoms with E-state index in [-0.39, 0.29) is 17.4 Å². The van der Waals surface area contributed by atoms with Crippen LogP contribution in [0.2, 0.25) is 0 Å². The van der Waals surface area contributed by atoms with E-state index >= 15 is 0 Å². The van der Waals surface area contributed by atoms with E-state index in [2.05, 4.69) is 20.7 Å². The Balaban J connectivity index is 1.71. The normalized spacial score (nSPS) is 10.6. The van der Waals surface area contributed by atoms with Crippen LogP contribution in [0.1, 0.15) is 42.7 Å². The number of nitrogens with one attached hydrogen (secondary N) is 2. The molecule has 1 aromatic carbocycles. The summed E-state index contributed by atoms with van der Waals surface area (Å²) in [6.07, 6.45) is 3.04. The molecule has 0 aliphatic carbocycles. The second kappa shape index (κ2) is 10.4. The van der Waals surface area contributed by atoms with Crippen molar-refractivity contribution in [2.45, 2.75) is 26.7 Å². The number of methoxy groups -OCH3 is 1. The highest BCUT2D eigenvalue weighted by Gasteiger charge is 2.23. The van der Waals surface area contributed by atoms with Crippen LogP contribution in [0.25, 0.3) is 5.82 Å². The van der Waals surface area contributed by atoms with E-state index in [0.29, 0.717) is 28.6 Å². The number of nitrogens with zero attached hydrogens (tertiary/aromatic N) is 3. The monoisotopic (exact) mass is 451 g/mol. The maximum atomic E-state index is 12.7. The van der Waals surface area contributed by atoms with Crippen molar-refractivity contribution in [2.75, 3.05) is 24.4 Å². The van der Waals surface area contributed by atoms with Gasteiger partial charge >= 0.3 is 5.97 Å². The number of ether oxygens (including phenoxy) is 2. The number of pyridine rings is 1. The Morgan fingerprint density at radius 3 is 2.55 bits per heavy atom. The van der Waals surface area contributed by atoms with Crippen molar-refractivity contribution in [1.82, 2.24) is 14.8 Å². The molecule has 0 saturated carbocycles. The average Bonchev–Trinajstić information content (AvgIpc) is 3.24. The average molecular weight is 451 g/mol. The number of benzene rings is 1. The Hall–Kier alpha value is -4.21. The first-order valence-corrected chi connectivity index (χ1v) is 10.2. The number of carbonyl (C=O) groups is 3. The zero-order valence-electron chi connectivity index (χ0n) is 18.8. The van der Waals surface area contributed by atoms with Gasteiger partial charge in [0.05, 0.1) is 24.7 Å². The van der Waals surface area contributed by atoms with Gasteiger partial charge in [-0.05, 0) is 36.2 Å². The SMILES string of the molecule is COc1ccc(NC(C)=O)cc1NC(=O)COC(=O)c1cnn(-c2ccccn2)c1C(C)C. The quantitative estimate of drug-likeness (QED) is 0.504. The summed E-state index contributed by atoms with van der Waals surface area (Å²) in [7, 11) is 1.45. The Labute approximate surface area is 190 Å². The molecule has 33 heavy (non-hydrogen) atoms. The number of aromatic nitrogens is 3. The highest BCUT2D eigenvalue weighted by Crippen LogP contribution is 2.28. The van der Waals surface area contributed by atoms with Gasteiger partial charge in [-0.1, -0.05) is 19.9 Å². The number of amides is 2. The Kier molecular flexibility index (Phi) is 7.39. The van der Waals surface area contributed by atoms with Gasteiger partial charge in [-0.2, -0.15) is 5.10 Å². The summed E-state index contributed by atoms with van der Waals surface area (Å²) in [5.74, 6) is -0.572. The van der Waals surface area contributed by atoms with Crippen LogP contribution in [0.4, 0.5) is 11.4 Å². The van der Waals surface area contributed by atoms with Crippen LogP contribution in [-0.4, -0.2) is 46.3 Å². The van der Waals surface area contributed by atoms with Gasteiger partial charge in [-0.3, -0.25) is 9.59 Å². The van der Waals surface area contributed by atoms with Crippen molar-refractivity contribution >= 4 is 29.2 Å². The van der Waals surface area contributed by atoms with Gasteiger partial charge < -0.3 is 20.1 Å². The van der Waals surface area contributed by atoms with Gasteiger partial charge in [0, 0.05) is 18.8 Å². The smallest absolute Gasteiger partial charge is 0.342 e. The van der Waals surface area contributed by atoms with Crippen molar-refractivity contribution in [3.8, 4) is 11.6 Å². The van der Waals surface area contributed by atoms with Crippen LogP contribution in [0.5, 0.6) is 5.75 Å². The molecule has 0 aliphatic rings. The molecule has 0 radical (unpaired) electrons. The van der Waals surface area contributed by atoms with Crippen LogP contribution < -0.4 is 15.4 Å². The molecule has 10 heteroatoms. The first-order valence-electron chi connectivity index (χ1n) is 10.2. The lowest BCUT2D eigenvalue weighted by Gasteiger charge is -2.13. The zero-order valence-corrected chi connectivity index (χ0v) is 18.8. The molecule has 3 aromatic rings. The number of esters is 1. The van der Waals surface area contributed by atoms with Crippen LogP contribution >= 0.6 is 0 Å². The lowest BCUT2D eigenvalue weighted by Crippen LogP contribution is -2.22. The first-order chi connectivity index (χ1) is 15.8. The molecule has 0 saturated heterocycles. The van der Waals surface area contributed by atoms with E-state index in [1.54, 1.807) is 41.2 Å². The minimum absolute atomic E-state index is 0.0494. The lowest BCUT2D eigenvalue weighted by molar-refractivity contribution is -0.119.